The van der Waals surface area contributed by atoms with Crippen LogP contribution in [0.3, 0.4) is 0 Å². The van der Waals surface area contributed by atoms with Crippen LogP contribution in [0.1, 0.15) is 32.8 Å². The van der Waals surface area contributed by atoms with Crippen LogP contribution in [0.25, 0.3) is 11.3 Å². The first kappa shape index (κ1) is 20.6. The number of carbonyl (C=O) groups is 1. The summed E-state index contributed by atoms with van der Waals surface area (Å²) in [6.45, 7) is 5.53. The van der Waals surface area contributed by atoms with Crippen LogP contribution in [-0.2, 0) is 11.8 Å². The number of benzene rings is 1. The zero-order valence-electron chi connectivity index (χ0n) is 17.1. The number of halogens is 1. The van der Waals surface area contributed by atoms with Gasteiger partial charge in [-0.05, 0) is 39.0 Å². The van der Waals surface area contributed by atoms with Crippen molar-refractivity contribution in [3.8, 4) is 23.1 Å². The Kier molecular flexibility index (Phi) is 5.78. The van der Waals surface area contributed by atoms with E-state index in [1.807, 2.05) is 17.8 Å². The summed E-state index contributed by atoms with van der Waals surface area (Å²) >= 11 is 0. The molecule has 1 aliphatic rings. The van der Waals surface area contributed by atoms with Crippen LogP contribution in [-0.4, -0.2) is 51.5 Å². The maximum absolute atomic E-state index is 14.7. The molecular formula is C21H25FN4O3. The highest BCUT2D eigenvalue weighted by molar-refractivity contribution is 5.68. The number of piperidine rings is 1. The van der Waals surface area contributed by atoms with Gasteiger partial charge in [-0.1, -0.05) is 0 Å². The Labute approximate surface area is 169 Å². The van der Waals surface area contributed by atoms with E-state index in [9.17, 15) is 14.4 Å². The van der Waals surface area contributed by atoms with Crippen LogP contribution in [0.5, 0.6) is 5.75 Å². The highest BCUT2D eigenvalue weighted by Crippen LogP contribution is 2.29. The van der Waals surface area contributed by atoms with Crippen molar-refractivity contribution in [1.82, 2.24) is 14.5 Å². The highest BCUT2D eigenvalue weighted by atomic mass is 19.1. The summed E-state index contributed by atoms with van der Waals surface area (Å²) in [5, 5.41) is 9.49. The van der Waals surface area contributed by atoms with Gasteiger partial charge in [0.1, 0.15) is 23.5 Å². The molecule has 3 rings (SSSR count). The molecule has 0 aliphatic carbocycles. The molecule has 1 fully saturated rings. The predicted octanol–water partition coefficient (Wildman–Crippen LogP) is 3.69. The van der Waals surface area contributed by atoms with Gasteiger partial charge in [-0.25, -0.2) is 14.2 Å². The van der Waals surface area contributed by atoms with Gasteiger partial charge >= 0.3 is 6.09 Å². The fourth-order valence-electron chi connectivity index (χ4n) is 3.11. The van der Waals surface area contributed by atoms with Gasteiger partial charge in [-0.3, -0.25) is 0 Å². The zero-order valence-corrected chi connectivity index (χ0v) is 17.1. The number of aromatic nitrogens is 2. The summed E-state index contributed by atoms with van der Waals surface area (Å²) in [4.78, 5) is 17.8. The molecular weight excluding hydrogens is 375 g/mol. The van der Waals surface area contributed by atoms with E-state index in [2.05, 4.69) is 11.1 Å². The Morgan fingerprint density at radius 2 is 2.14 bits per heavy atom. The number of amides is 1. The lowest BCUT2D eigenvalue weighted by molar-refractivity contribution is -0.0106. The molecule has 0 saturated carbocycles. The number of ether oxygens (including phenoxy) is 2. The van der Waals surface area contributed by atoms with Crippen LogP contribution in [0.15, 0.2) is 30.7 Å². The standard InChI is InChI=1S/C21H25FN4O3/c1-21(2,3)29-20(27)26-8-7-19(16(22)11-26)28-18-6-5-14(9-15(18)10-23)17-12-25(4)13-24-17/h5-6,9,12-13,16,19H,7-8,11H2,1-4H3. The number of hydrogen-bond donors (Lipinski definition) is 0. The number of carbonyl (C=O) groups excluding carboxylic acids is 1. The maximum Gasteiger partial charge on any atom is 0.410 e. The molecule has 1 amide bonds. The molecule has 1 aliphatic heterocycles. The quantitative estimate of drug-likeness (QED) is 0.785. The molecule has 0 radical (unpaired) electrons. The van der Waals surface area contributed by atoms with Gasteiger partial charge in [-0.2, -0.15) is 5.26 Å². The number of imidazole rings is 1. The first-order valence-corrected chi connectivity index (χ1v) is 9.47. The summed E-state index contributed by atoms with van der Waals surface area (Å²) in [5.41, 5.74) is 1.21. The number of hydrogen-bond acceptors (Lipinski definition) is 5. The molecule has 1 aromatic heterocycles. The van der Waals surface area contributed by atoms with Gasteiger partial charge in [-0.15, -0.1) is 0 Å². The lowest BCUT2D eigenvalue weighted by Crippen LogP contribution is -2.50. The molecule has 2 atom stereocenters. The van der Waals surface area contributed by atoms with Crippen LogP contribution >= 0.6 is 0 Å². The molecule has 1 aromatic carbocycles. The topological polar surface area (TPSA) is 80.4 Å². The maximum atomic E-state index is 14.7. The van der Waals surface area contributed by atoms with E-state index in [0.29, 0.717) is 24.3 Å². The second-order valence-corrected chi connectivity index (χ2v) is 8.13. The average Bonchev–Trinajstić information content (AvgIpc) is 3.08. The van der Waals surface area contributed by atoms with Gasteiger partial charge < -0.3 is 18.9 Å². The number of aryl methyl sites for hydroxylation is 1. The average molecular weight is 400 g/mol. The number of alkyl halides is 1. The van der Waals surface area contributed by atoms with Crippen LogP contribution in [0.4, 0.5) is 9.18 Å². The minimum absolute atomic E-state index is 0.104. The van der Waals surface area contributed by atoms with E-state index < -0.39 is 24.0 Å². The molecule has 2 heterocycles. The van der Waals surface area contributed by atoms with Crippen molar-refractivity contribution in [1.29, 1.82) is 5.26 Å². The summed E-state index contributed by atoms with van der Waals surface area (Å²) in [6.07, 6.45) is 1.20. The molecule has 2 unspecified atom stereocenters. The fraction of sp³-hybridized carbons (Fsp3) is 0.476. The van der Waals surface area contributed by atoms with Gasteiger partial charge in [0.25, 0.3) is 0 Å². The zero-order chi connectivity index (χ0) is 21.2. The SMILES string of the molecule is Cn1cnc(-c2ccc(OC3CCN(C(=O)OC(C)(C)C)CC3F)c(C#N)c2)c1. The Balaban J connectivity index is 1.68. The predicted molar refractivity (Wildman–Crippen MR) is 105 cm³/mol. The Morgan fingerprint density at radius 1 is 1.38 bits per heavy atom. The van der Waals surface area contributed by atoms with E-state index >= 15 is 0 Å². The molecule has 0 bridgehead atoms. The van der Waals surface area contributed by atoms with E-state index in [4.69, 9.17) is 9.47 Å². The molecule has 7 nitrogen and oxygen atoms in total. The fourth-order valence-corrected chi connectivity index (χ4v) is 3.11. The lowest BCUT2D eigenvalue weighted by Gasteiger charge is -2.35. The molecule has 2 aromatic rings. The van der Waals surface area contributed by atoms with E-state index in [1.54, 1.807) is 45.3 Å². The Hall–Kier alpha value is -3.08. The van der Waals surface area contributed by atoms with Crippen molar-refractivity contribution in [2.75, 3.05) is 13.1 Å². The highest BCUT2D eigenvalue weighted by Gasteiger charge is 2.35. The molecule has 0 N–H and O–H groups in total. The summed E-state index contributed by atoms with van der Waals surface area (Å²) in [6, 6.07) is 7.24. The van der Waals surface area contributed by atoms with Gasteiger partial charge in [0.2, 0.25) is 0 Å². The van der Waals surface area contributed by atoms with Gasteiger partial charge in [0.15, 0.2) is 6.17 Å². The van der Waals surface area contributed by atoms with Gasteiger partial charge in [0, 0.05) is 31.8 Å². The number of nitrogens with zero attached hydrogens (tertiary/aromatic N) is 4. The second-order valence-electron chi connectivity index (χ2n) is 8.13. The van der Waals surface area contributed by atoms with E-state index in [1.165, 1.54) is 4.90 Å². The van der Waals surface area contributed by atoms with Crippen molar-refractivity contribution in [2.24, 2.45) is 7.05 Å². The largest absolute Gasteiger partial charge is 0.486 e. The van der Waals surface area contributed by atoms with E-state index in [-0.39, 0.29) is 6.54 Å². The normalized spacial score (nSPS) is 19.5. The van der Waals surface area contributed by atoms with Gasteiger partial charge in [0.05, 0.1) is 24.1 Å². The summed E-state index contributed by atoms with van der Waals surface area (Å²) in [7, 11) is 1.87. The van der Waals surface area contributed by atoms with E-state index in [0.717, 1.165) is 11.3 Å². The minimum atomic E-state index is -1.38. The Bertz CT molecular complexity index is 929. The third-order valence-electron chi connectivity index (χ3n) is 4.51. The first-order valence-electron chi connectivity index (χ1n) is 9.47. The number of rotatable bonds is 3. The summed E-state index contributed by atoms with van der Waals surface area (Å²) < 4.78 is 27.6. The summed E-state index contributed by atoms with van der Waals surface area (Å²) in [5.74, 6) is 0.325. The molecule has 1 saturated heterocycles. The second kappa shape index (κ2) is 8.11. The third-order valence-corrected chi connectivity index (χ3v) is 4.51. The number of likely N-dealkylation sites (tertiary alicyclic amines) is 1. The Morgan fingerprint density at radius 3 is 2.72 bits per heavy atom. The molecule has 0 spiro atoms. The monoisotopic (exact) mass is 400 g/mol. The molecule has 29 heavy (non-hydrogen) atoms. The molecule has 8 heteroatoms. The van der Waals surface area contributed by atoms with Crippen molar-refractivity contribution in [3.05, 3.63) is 36.3 Å². The van der Waals surface area contributed by atoms with Crippen molar-refractivity contribution >= 4 is 6.09 Å². The molecule has 154 valence electrons. The lowest BCUT2D eigenvalue weighted by atomic mass is 10.0. The third kappa shape index (κ3) is 5.05. The van der Waals surface area contributed by atoms with Crippen LogP contribution < -0.4 is 4.74 Å². The van der Waals surface area contributed by atoms with Crippen LogP contribution in [0.2, 0.25) is 0 Å². The smallest absolute Gasteiger partial charge is 0.410 e. The van der Waals surface area contributed by atoms with Crippen molar-refractivity contribution in [3.63, 3.8) is 0 Å². The number of nitriles is 1. The van der Waals surface area contributed by atoms with Crippen molar-refractivity contribution < 1.29 is 18.7 Å². The first-order chi connectivity index (χ1) is 13.7. The minimum Gasteiger partial charge on any atom is -0.486 e. The van der Waals surface area contributed by atoms with Crippen LogP contribution in [0, 0.1) is 11.3 Å². The van der Waals surface area contributed by atoms with Crippen molar-refractivity contribution in [2.45, 2.75) is 45.1 Å².